The fourth-order valence-electron chi connectivity index (χ4n) is 6.99. The third-order valence-electron chi connectivity index (χ3n) is 9.97. The summed E-state index contributed by atoms with van der Waals surface area (Å²) in [4.78, 5) is 33.5. The second-order valence-electron chi connectivity index (χ2n) is 17.7. The van der Waals surface area contributed by atoms with Crippen LogP contribution in [0.25, 0.3) is 22.6 Å². The van der Waals surface area contributed by atoms with Crippen LogP contribution in [-0.4, -0.2) is 108 Å². The number of hydrogen-bond donors (Lipinski definition) is 5. The molecule has 1 aliphatic heterocycles. The molecular formula is C49H67I2N8O11-. The molecule has 21 heteroatoms. The molecule has 5 N–H and O–H groups in total. The van der Waals surface area contributed by atoms with Gasteiger partial charge in [0.25, 0.3) is 0 Å². The highest BCUT2D eigenvalue weighted by molar-refractivity contribution is 14.1. The molecule has 70 heavy (non-hydrogen) atoms. The Balaban J connectivity index is 0.000000351. The van der Waals surface area contributed by atoms with Crippen molar-refractivity contribution in [2.45, 2.75) is 116 Å². The lowest BCUT2D eigenvalue weighted by Gasteiger charge is -2.27. The number of aromatic nitrogens is 6. The summed E-state index contributed by atoms with van der Waals surface area (Å²) >= 11 is 4.51. The van der Waals surface area contributed by atoms with Crippen LogP contribution in [0.15, 0.2) is 94.5 Å². The van der Waals surface area contributed by atoms with Crippen molar-refractivity contribution in [1.82, 2.24) is 40.0 Å². The van der Waals surface area contributed by atoms with Crippen molar-refractivity contribution in [2.75, 3.05) is 33.9 Å². The van der Waals surface area contributed by atoms with E-state index in [1.807, 2.05) is 99.1 Å². The van der Waals surface area contributed by atoms with E-state index in [2.05, 4.69) is 76.1 Å². The van der Waals surface area contributed by atoms with Gasteiger partial charge in [-0.05, 0) is 144 Å². The third-order valence-corrected chi connectivity index (χ3v) is 11.4. The summed E-state index contributed by atoms with van der Waals surface area (Å²) in [5.74, 6) is 2.43. The maximum absolute atomic E-state index is 12.5. The van der Waals surface area contributed by atoms with E-state index in [0.29, 0.717) is 41.2 Å². The Bertz CT molecular complexity index is 2480. The minimum absolute atomic E-state index is 0. The van der Waals surface area contributed by atoms with Crippen molar-refractivity contribution >= 4 is 57.4 Å². The number of amides is 2. The van der Waals surface area contributed by atoms with Crippen LogP contribution >= 0.6 is 45.2 Å². The van der Waals surface area contributed by atoms with E-state index in [4.69, 9.17) is 38.2 Å². The van der Waals surface area contributed by atoms with E-state index in [1.54, 1.807) is 50.9 Å². The molecule has 2 amide bonds. The van der Waals surface area contributed by atoms with Gasteiger partial charge in [0.15, 0.2) is 17.8 Å². The first kappa shape index (κ1) is 57.7. The Morgan fingerprint density at radius 2 is 1.16 bits per heavy atom. The maximum Gasteiger partial charge on any atom is 0.407 e. The Morgan fingerprint density at radius 3 is 1.56 bits per heavy atom. The number of ether oxygens (including phenoxy) is 4. The first-order valence-electron chi connectivity index (χ1n) is 22.6. The summed E-state index contributed by atoms with van der Waals surface area (Å²) in [7, 11) is 2.00. The number of nitrogens with one attached hydrogen (secondary N) is 2. The predicted octanol–water partition coefficient (Wildman–Crippen LogP) is 9.50. The van der Waals surface area contributed by atoms with E-state index in [1.165, 1.54) is 0 Å². The third kappa shape index (κ3) is 17.7. The van der Waals surface area contributed by atoms with Crippen LogP contribution in [0.3, 0.4) is 0 Å². The zero-order chi connectivity index (χ0) is 51.6. The lowest BCUT2D eigenvalue weighted by Crippen LogP contribution is -2.36. The van der Waals surface area contributed by atoms with Crippen LogP contribution in [0, 0.1) is 7.14 Å². The van der Waals surface area contributed by atoms with Gasteiger partial charge in [-0.3, -0.25) is 0 Å². The minimum Gasteiger partial charge on any atom is -1.00 e. The Labute approximate surface area is 437 Å². The highest BCUT2D eigenvalue weighted by atomic mass is 127. The molecule has 5 heterocycles. The molecule has 19 nitrogen and oxygen atoms in total. The van der Waals surface area contributed by atoms with E-state index in [0.717, 1.165) is 51.7 Å². The molecule has 0 saturated carbocycles. The Hall–Kier alpha value is -4.92. The van der Waals surface area contributed by atoms with Gasteiger partial charge in [0.05, 0.1) is 12.1 Å². The molecule has 1 saturated heterocycles. The number of nitrogens with zero attached hydrogens (tertiary/aromatic N) is 6. The molecule has 2 aromatic carbocycles. The Morgan fingerprint density at radius 1 is 0.729 bits per heavy atom. The number of imidazole rings is 2. The maximum atomic E-state index is 12.5. The van der Waals surface area contributed by atoms with Crippen molar-refractivity contribution in [3.8, 4) is 22.6 Å². The van der Waals surface area contributed by atoms with Gasteiger partial charge in [0.2, 0.25) is 0 Å². The summed E-state index contributed by atoms with van der Waals surface area (Å²) in [6.45, 7) is 15.6. The topological polar surface area (TPSA) is 244 Å². The molecule has 6 aromatic rings. The first-order chi connectivity index (χ1) is 33.3. The number of hydrogen-bond acceptors (Lipinski definition) is 15. The van der Waals surface area contributed by atoms with Crippen LogP contribution in [0.1, 0.15) is 123 Å². The quantitative estimate of drug-likeness (QED) is 0.0638. The van der Waals surface area contributed by atoms with Crippen LogP contribution in [0.4, 0.5) is 9.59 Å². The highest BCUT2D eigenvalue weighted by Gasteiger charge is 2.29. The number of aliphatic hydroxyl groups excluding tert-OH is 3. The van der Waals surface area contributed by atoms with Crippen molar-refractivity contribution < 1.29 is 54.3 Å². The fourth-order valence-corrected chi connectivity index (χ4v) is 7.71. The van der Waals surface area contributed by atoms with Crippen molar-refractivity contribution in [3.05, 3.63) is 116 Å². The number of alkyl carbamates (subject to hydrolysis) is 2. The molecule has 5 atom stereocenters. The van der Waals surface area contributed by atoms with E-state index in [9.17, 15) is 14.7 Å². The van der Waals surface area contributed by atoms with Gasteiger partial charge < -0.3 is 64.5 Å². The van der Waals surface area contributed by atoms with Crippen LogP contribution < -0.4 is 10.6 Å². The van der Waals surface area contributed by atoms with Crippen LogP contribution in [-0.2, 0) is 18.9 Å². The van der Waals surface area contributed by atoms with Crippen molar-refractivity contribution in [1.29, 1.82) is 0 Å². The average Bonchev–Trinajstić information content (AvgIpc) is 4.17. The summed E-state index contributed by atoms with van der Waals surface area (Å²) < 4.78 is 40.0. The van der Waals surface area contributed by atoms with Gasteiger partial charge in [0, 0.05) is 89.1 Å². The molecule has 7 rings (SSSR count). The highest BCUT2D eigenvalue weighted by Crippen LogP contribution is 2.31. The van der Waals surface area contributed by atoms with Crippen LogP contribution in [0.5, 0.6) is 0 Å². The second kappa shape index (κ2) is 27.6. The summed E-state index contributed by atoms with van der Waals surface area (Å²) in [5, 5.41) is 38.3. The lowest BCUT2D eigenvalue weighted by atomic mass is 10.1. The molecule has 0 radical (unpaired) electrons. The molecule has 1 aliphatic rings. The second-order valence-corrected chi connectivity index (χ2v) is 20.2. The average molecular weight is 1200 g/mol. The SMILES string of the molecule is CO.CO.C[C@H](O)c1nccn1[C@H](CNC(=O)OC(C)(C)C)c1cc(-c2ccc(I)cc2)on1.C[C@H](OC1CCCCO1)c1nccn1[C@H](CNC(=O)OC(C)(C)C)c1cc(-c2ccc(I)cc2)on1.[H-]. The van der Waals surface area contributed by atoms with E-state index < -0.39 is 41.6 Å². The fraction of sp³-hybridized carbons (Fsp3) is 0.469. The number of rotatable bonds is 14. The van der Waals surface area contributed by atoms with Gasteiger partial charge in [-0.25, -0.2) is 19.6 Å². The van der Waals surface area contributed by atoms with Gasteiger partial charge >= 0.3 is 12.2 Å². The molecular weight excluding hydrogens is 1130 g/mol. The zero-order valence-electron chi connectivity index (χ0n) is 42.3. The van der Waals surface area contributed by atoms with Gasteiger partial charge in [0.1, 0.15) is 46.4 Å². The van der Waals surface area contributed by atoms with E-state index >= 15 is 0 Å². The standard InChI is InChI=1S/C26H33IN4O5.C21H25IN4O4.2CH4O.H/c1-17(34-23-7-5-6-14-33-23)24-28-12-13-31(24)21(16-29-25(32)35-26(2,3)4)20-15-22(36-30-20)18-8-10-19(27)11-9-18;1-13(27)19-23-9-10-26(19)17(12-24-20(28)29-21(2,3)4)16-11-18(30-25-16)14-5-7-15(22)8-6-14;2*1-2;/h8-13,15,17,21,23H,5-7,14,16H2,1-4H3,(H,29,32);5-11,13,17,27H,12H2,1-4H3,(H,24,28);2*2H,1H3;/q;;;;-1/t17-,21+,23?;13-,17+;;;/m00.../s1. The zero-order valence-corrected chi connectivity index (χ0v) is 45.6. The minimum atomic E-state index is -0.786. The predicted molar refractivity (Wildman–Crippen MR) is 280 cm³/mol. The number of benzene rings is 2. The van der Waals surface area contributed by atoms with Crippen LogP contribution in [0.2, 0.25) is 0 Å². The molecule has 384 valence electrons. The van der Waals surface area contributed by atoms with Gasteiger partial charge in [-0.1, -0.05) is 34.6 Å². The number of carbonyl (C=O) groups is 2. The van der Waals surface area contributed by atoms with Gasteiger partial charge in [-0.15, -0.1) is 0 Å². The van der Waals surface area contributed by atoms with Crippen molar-refractivity contribution in [3.63, 3.8) is 0 Å². The number of carbonyl (C=O) groups excluding carboxylic acids is 2. The monoisotopic (exact) mass is 1200 g/mol. The van der Waals surface area contributed by atoms with Gasteiger partial charge in [-0.2, -0.15) is 0 Å². The number of halogens is 2. The summed E-state index contributed by atoms with van der Waals surface area (Å²) in [5.41, 5.74) is 1.86. The van der Waals surface area contributed by atoms with Crippen molar-refractivity contribution in [2.24, 2.45) is 0 Å². The van der Waals surface area contributed by atoms with E-state index in [-0.39, 0.29) is 26.9 Å². The largest absolute Gasteiger partial charge is 1.00 e. The molecule has 1 unspecified atom stereocenters. The molecule has 0 aliphatic carbocycles. The molecule has 0 spiro atoms. The smallest absolute Gasteiger partial charge is 0.407 e. The molecule has 1 fully saturated rings. The molecule has 0 bridgehead atoms. The summed E-state index contributed by atoms with van der Waals surface area (Å²) in [6, 6.07) is 18.8. The Kier molecular flexibility index (Phi) is 22.8. The first-order valence-corrected chi connectivity index (χ1v) is 24.8. The normalized spacial score (nSPS) is 15.3. The summed E-state index contributed by atoms with van der Waals surface area (Å²) in [6.07, 6.45) is 7.50. The number of aliphatic hydroxyl groups is 3. The molecule has 4 aromatic heterocycles. The lowest BCUT2D eigenvalue weighted by molar-refractivity contribution is -0.188.